The van der Waals surface area contributed by atoms with Gasteiger partial charge in [0.25, 0.3) is 0 Å². The van der Waals surface area contributed by atoms with Crippen LogP contribution in [0.2, 0.25) is 0 Å². The number of aromatic nitrogens is 3. The number of aliphatic hydroxyl groups excluding tert-OH is 1. The van der Waals surface area contributed by atoms with Gasteiger partial charge in [-0.3, -0.25) is 9.78 Å². The SMILES string of the molecule is CC(=O)c1cccc(-c2cnc(N3CCC(c4nc5c(c(C6CCC(F)(F)CC6)c4[C@@H](F)c4ccc(C)cc4)[C@@H](O)CC(C)(C)C5)CC3)nc2)c1. The zero-order chi connectivity index (χ0) is 36.1. The molecule has 1 saturated carbocycles. The van der Waals surface area contributed by atoms with Crippen molar-refractivity contribution in [1.82, 2.24) is 15.0 Å². The van der Waals surface area contributed by atoms with Crippen LogP contribution in [0.4, 0.5) is 19.1 Å². The fraction of sp³-hybridized carbons (Fsp3) is 0.476. The summed E-state index contributed by atoms with van der Waals surface area (Å²) in [5.41, 5.74) is 7.05. The van der Waals surface area contributed by atoms with Crippen LogP contribution in [-0.2, 0) is 6.42 Å². The van der Waals surface area contributed by atoms with Gasteiger partial charge in [0.2, 0.25) is 11.9 Å². The molecule has 0 amide bonds. The molecule has 0 bridgehead atoms. The zero-order valence-corrected chi connectivity index (χ0v) is 29.9. The summed E-state index contributed by atoms with van der Waals surface area (Å²) >= 11 is 0. The van der Waals surface area contributed by atoms with Crippen LogP contribution in [0.3, 0.4) is 0 Å². The molecule has 2 fully saturated rings. The number of carbonyl (C=O) groups excluding carboxylic acids is 1. The number of alkyl halides is 3. The first-order valence-electron chi connectivity index (χ1n) is 18.3. The minimum Gasteiger partial charge on any atom is -0.388 e. The van der Waals surface area contributed by atoms with Crippen molar-refractivity contribution in [3.8, 4) is 11.1 Å². The van der Waals surface area contributed by atoms with Gasteiger partial charge in [0.1, 0.15) is 0 Å². The largest absolute Gasteiger partial charge is 0.388 e. The number of pyridine rings is 1. The number of nitrogens with zero attached hydrogens (tertiary/aromatic N) is 4. The van der Waals surface area contributed by atoms with Gasteiger partial charge in [0.05, 0.1) is 11.8 Å². The van der Waals surface area contributed by atoms with E-state index in [1.165, 1.54) is 0 Å². The fourth-order valence-electron chi connectivity index (χ4n) is 8.51. The van der Waals surface area contributed by atoms with Crippen LogP contribution in [0.5, 0.6) is 0 Å². The predicted molar refractivity (Wildman–Crippen MR) is 193 cm³/mol. The molecule has 0 unspecified atom stereocenters. The quantitative estimate of drug-likeness (QED) is 0.194. The lowest BCUT2D eigenvalue weighted by atomic mass is 9.68. The average Bonchev–Trinajstić information content (AvgIpc) is 3.10. The molecule has 3 aliphatic rings. The third-order valence-corrected chi connectivity index (χ3v) is 11.3. The number of hydrogen-bond acceptors (Lipinski definition) is 6. The Labute approximate surface area is 298 Å². The third kappa shape index (κ3) is 7.32. The summed E-state index contributed by atoms with van der Waals surface area (Å²) in [6.07, 6.45) is 3.76. The molecule has 51 heavy (non-hydrogen) atoms. The maximum atomic E-state index is 17.3. The van der Waals surface area contributed by atoms with E-state index in [1.807, 2.05) is 49.4 Å². The van der Waals surface area contributed by atoms with E-state index in [0.29, 0.717) is 72.7 Å². The van der Waals surface area contributed by atoms with Gasteiger partial charge in [-0.15, -0.1) is 0 Å². The summed E-state index contributed by atoms with van der Waals surface area (Å²) in [5, 5.41) is 11.7. The molecule has 2 aromatic heterocycles. The highest BCUT2D eigenvalue weighted by Gasteiger charge is 2.43. The molecule has 268 valence electrons. The molecule has 4 aromatic rings. The van der Waals surface area contributed by atoms with Crippen LogP contribution >= 0.6 is 0 Å². The summed E-state index contributed by atoms with van der Waals surface area (Å²) in [5.74, 6) is -2.47. The van der Waals surface area contributed by atoms with E-state index in [1.54, 1.807) is 25.4 Å². The Morgan fingerprint density at radius 1 is 0.922 bits per heavy atom. The van der Waals surface area contributed by atoms with E-state index < -0.39 is 18.2 Å². The van der Waals surface area contributed by atoms with Crippen molar-refractivity contribution in [3.63, 3.8) is 0 Å². The van der Waals surface area contributed by atoms with Crippen LogP contribution in [0, 0.1) is 12.3 Å². The minimum atomic E-state index is -2.73. The number of halogens is 3. The Bertz CT molecular complexity index is 1890. The van der Waals surface area contributed by atoms with Crippen molar-refractivity contribution in [2.75, 3.05) is 18.0 Å². The Morgan fingerprint density at radius 2 is 1.59 bits per heavy atom. The molecule has 6 nitrogen and oxygen atoms in total. The Morgan fingerprint density at radius 3 is 2.24 bits per heavy atom. The number of benzene rings is 2. The second-order valence-electron chi connectivity index (χ2n) is 15.8. The summed E-state index contributed by atoms with van der Waals surface area (Å²) < 4.78 is 46.3. The molecule has 3 heterocycles. The summed E-state index contributed by atoms with van der Waals surface area (Å²) in [6.45, 7) is 9.02. The van der Waals surface area contributed by atoms with E-state index in [-0.39, 0.29) is 48.7 Å². The first-order valence-corrected chi connectivity index (χ1v) is 18.3. The lowest BCUT2D eigenvalue weighted by Crippen LogP contribution is -2.36. The number of carbonyl (C=O) groups is 1. The minimum absolute atomic E-state index is 0.000852. The van der Waals surface area contributed by atoms with Crippen molar-refractivity contribution in [2.45, 2.75) is 109 Å². The lowest BCUT2D eigenvalue weighted by molar-refractivity contribution is -0.0385. The van der Waals surface area contributed by atoms with E-state index in [2.05, 4.69) is 28.7 Å². The zero-order valence-electron chi connectivity index (χ0n) is 29.9. The molecule has 1 N–H and O–H groups in total. The first kappa shape index (κ1) is 35.3. The number of hydrogen-bond donors (Lipinski definition) is 1. The fourth-order valence-corrected chi connectivity index (χ4v) is 8.51. The first-order chi connectivity index (χ1) is 24.3. The predicted octanol–water partition coefficient (Wildman–Crippen LogP) is 9.79. The van der Waals surface area contributed by atoms with Crippen LogP contribution in [0.15, 0.2) is 60.9 Å². The normalized spacial score (nSPS) is 21.3. The highest BCUT2D eigenvalue weighted by atomic mass is 19.3. The molecule has 2 aromatic carbocycles. The molecule has 7 rings (SSSR count). The van der Waals surface area contributed by atoms with Crippen molar-refractivity contribution >= 4 is 11.7 Å². The van der Waals surface area contributed by atoms with E-state index in [4.69, 9.17) is 4.98 Å². The number of anilines is 1. The van der Waals surface area contributed by atoms with Crippen LogP contribution in [0.1, 0.15) is 139 Å². The Balaban J connectivity index is 1.24. The number of aliphatic hydroxyl groups is 1. The maximum Gasteiger partial charge on any atom is 0.248 e. The second-order valence-corrected chi connectivity index (χ2v) is 15.8. The number of fused-ring (bicyclic) bond motifs is 1. The van der Waals surface area contributed by atoms with Gasteiger partial charge >= 0.3 is 0 Å². The summed E-state index contributed by atoms with van der Waals surface area (Å²) in [4.78, 5) is 28.7. The van der Waals surface area contributed by atoms with E-state index in [0.717, 1.165) is 27.9 Å². The highest BCUT2D eigenvalue weighted by molar-refractivity contribution is 5.95. The average molecular weight is 697 g/mol. The van der Waals surface area contributed by atoms with Crippen LogP contribution in [-0.4, -0.2) is 44.9 Å². The third-order valence-electron chi connectivity index (χ3n) is 11.3. The van der Waals surface area contributed by atoms with E-state index >= 15 is 4.39 Å². The number of aryl methyl sites for hydroxylation is 1. The van der Waals surface area contributed by atoms with Crippen molar-refractivity contribution < 1.29 is 23.1 Å². The molecule has 1 aliphatic heterocycles. The molecular weight excluding hydrogens is 649 g/mol. The lowest BCUT2D eigenvalue weighted by Gasteiger charge is -2.41. The molecule has 2 aliphatic carbocycles. The molecule has 0 spiro atoms. The topological polar surface area (TPSA) is 79.2 Å². The second kappa shape index (κ2) is 13.8. The van der Waals surface area contributed by atoms with Gasteiger partial charge in [-0.2, -0.15) is 0 Å². The maximum absolute atomic E-state index is 17.3. The summed E-state index contributed by atoms with van der Waals surface area (Å²) in [7, 11) is 0. The van der Waals surface area contributed by atoms with Crippen LogP contribution in [0.25, 0.3) is 11.1 Å². The van der Waals surface area contributed by atoms with E-state index in [9.17, 15) is 18.7 Å². The summed E-state index contributed by atoms with van der Waals surface area (Å²) in [6, 6.07) is 14.8. The van der Waals surface area contributed by atoms with Crippen molar-refractivity contribution in [3.05, 3.63) is 106 Å². The standard InChI is InChI=1S/C42H47F3N4O2/c1-25-8-10-28(11-9-25)38(43)37-35(27-12-16-42(44,45)17-13-27)36-33(21-41(3,4)22-34(36)51)48-39(37)29-14-18-49(19-15-29)40-46-23-32(24-47-40)31-7-5-6-30(20-31)26(2)50/h5-11,20,23-24,27,29,34,38,51H,12-19,21-22H2,1-4H3/t34-,38-/m0/s1. The molecule has 0 radical (unpaired) electrons. The number of Topliss-reactive ketones (excluding diaryl/α,β-unsaturated/α-hetero) is 1. The molecule has 2 atom stereocenters. The van der Waals surface area contributed by atoms with Gasteiger partial charge in [-0.05, 0) is 86.5 Å². The molecule has 1 saturated heterocycles. The van der Waals surface area contributed by atoms with Gasteiger partial charge in [0.15, 0.2) is 12.0 Å². The van der Waals surface area contributed by atoms with Gasteiger partial charge in [-0.1, -0.05) is 61.9 Å². The molecule has 9 heteroatoms. The Kier molecular flexibility index (Phi) is 9.54. The highest BCUT2D eigenvalue weighted by Crippen LogP contribution is 2.52. The number of rotatable bonds is 7. The smallest absolute Gasteiger partial charge is 0.248 e. The van der Waals surface area contributed by atoms with Gasteiger partial charge < -0.3 is 10.0 Å². The monoisotopic (exact) mass is 696 g/mol. The van der Waals surface area contributed by atoms with Crippen LogP contribution < -0.4 is 4.90 Å². The Hall–Kier alpha value is -4.11. The van der Waals surface area contributed by atoms with Gasteiger partial charge in [-0.25, -0.2) is 23.1 Å². The van der Waals surface area contributed by atoms with Gasteiger partial charge in [0, 0.05) is 72.2 Å². The number of piperidine rings is 1. The van der Waals surface area contributed by atoms with Crippen molar-refractivity contribution in [2.24, 2.45) is 5.41 Å². The van der Waals surface area contributed by atoms with Crippen molar-refractivity contribution in [1.29, 1.82) is 0 Å². The number of ketones is 1. The molecular formula is C42H47F3N4O2.